The molecule has 3 aromatic rings. The molecule has 1 aliphatic heterocycles. The van der Waals surface area contributed by atoms with E-state index in [-0.39, 0.29) is 10.6 Å². The second-order valence-corrected chi connectivity index (χ2v) is 7.09. The fourth-order valence-corrected chi connectivity index (χ4v) is 3.56. The van der Waals surface area contributed by atoms with Gasteiger partial charge in [-0.15, -0.1) is 0 Å². The van der Waals surface area contributed by atoms with E-state index >= 15 is 0 Å². The van der Waals surface area contributed by atoms with Crippen LogP contribution >= 0.6 is 0 Å². The van der Waals surface area contributed by atoms with Crippen LogP contribution in [0.5, 0.6) is 0 Å². The van der Waals surface area contributed by atoms with Crippen molar-refractivity contribution in [3.05, 3.63) is 63.4 Å². The molecular weight excluding hydrogens is 330 g/mol. The largest absolute Gasteiger partial charge is 0.361 e. The van der Waals surface area contributed by atoms with Crippen molar-refractivity contribution in [2.45, 2.75) is 39.3 Å². The summed E-state index contributed by atoms with van der Waals surface area (Å²) in [6.07, 6.45) is 4.69. The lowest BCUT2D eigenvalue weighted by atomic mass is 10.0. The van der Waals surface area contributed by atoms with E-state index in [1.165, 1.54) is 0 Å². The zero-order valence-electron chi connectivity index (χ0n) is 14.9. The van der Waals surface area contributed by atoms with E-state index in [1.54, 1.807) is 12.1 Å². The lowest BCUT2D eigenvalue weighted by Gasteiger charge is -2.28. The summed E-state index contributed by atoms with van der Waals surface area (Å²) in [5.74, 6) is 1.22. The minimum absolute atomic E-state index is 0.154. The maximum absolute atomic E-state index is 11.4. The van der Waals surface area contributed by atoms with E-state index in [0.717, 1.165) is 47.7 Å². The highest BCUT2D eigenvalue weighted by Crippen LogP contribution is 2.30. The molecule has 0 saturated carbocycles. The summed E-state index contributed by atoms with van der Waals surface area (Å²) in [5, 5.41) is 12.1. The molecule has 2 aromatic heterocycles. The van der Waals surface area contributed by atoms with Crippen LogP contribution in [0.25, 0.3) is 10.9 Å². The third-order valence-corrected chi connectivity index (χ3v) is 4.90. The quantitative estimate of drug-likeness (QED) is 0.574. The molecule has 0 unspecified atom stereocenters. The number of H-pyrrole nitrogens is 1. The smallest absolute Gasteiger partial charge is 0.279 e. The first-order chi connectivity index (χ1) is 12.5. The van der Waals surface area contributed by atoms with Gasteiger partial charge in [-0.2, -0.15) is 0 Å². The summed E-state index contributed by atoms with van der Waals surface area (Å²) >= 11 is 0. The molecule has 0 atom stereocenters. The topological polar surface area (TPSA) is 88.0 Å². The molecule has 1 N–H and O–H groups in total. The lowest BCUT2D eigenvalue weighted by molar-refractivity contribution is -0.383. The lowest BCUT2D eigenvalue weighted by Crippen LogP contribution is -2.31. The van der Waals surface area contributed by atoms with Crippen molar-refractivity contribution in [3.8, 4) is 0 Å². The van der Waals surface area contributed by atoms with Crippen LogP contribution in [0.1, 0.15) is 42.4 Å². The molecule has 0 spiro atoms. The van der Waals surface area contributed by atoms with Crippen molar-refractivity contribution in [1.82, 2.24) is 19.9 Å². The van der Waals surface area contributed by atoms with Crippen LogP contribution in [0.2, 0.25) is 0 Å². The summed E-state index contributed by atoms with van der Waals surface area (Å²) in [7, 11) is 0. The van der Waals surface area contributed by atoms with Gasteiger partial charge < -0.3 is 4.98 Å². The van der Waals surface area contributed by atoms with Crippen molar-refractivity contribution in [2.24, 2.45) is 0 Å². The van der Waals surface area contributed by atoms with Crippen LogP contribution in [0.4, 0.5) is 5.69 Å². The van der Waals surface area contributed by atoms with Gasteiger partial charge in [-0.3, -0.25) is 15.0 Å². The van der Waals surface area contributed by atoms with E-state index in [1.807, 2.05) is 18.5 Å². The number of benzene rings is 1. The Morgan fingerprint density at radius 1 is 1.38 bits per heavy atom. The third-order valence-electron chi connectivity index (χ3n) is 4.90. The number of nitro groups is 1. The highest BCUT2D eigenvalue weighted by atomic mass is 16.6. The van der Waals surface area contributed by atoms with E-state index in [4.69, 9.17) is 4.98 Å². The standard InChI is InChI=1S/C19H21N5O2/c1-12(2)19-21-8-13-10-23(7-6-15(13)22-19)11-14-9-20-16-4-3-5-17(18(14)16)24(25)26/h3-5,8-9,12,20H,6-7,10-11H2,1-2H3. The van der Waals surface area contributed by atoms with Gasteiger partial charge in [0, 0.05) is 61.7 Å². The number of non-ortho nitro benzene ring substituents is 1. The van der Waals surface area contributed by atoms with Crippen LogP contribution in [0.3, 0.4) is 0 Å². The Bertz CT molecular complexity index is 979. The van der Waals surface area contributed by atoms with Gasteiger partial charge in [0.25, 0.3) is 5.69 Å². The Kier molecular flexibility index (Phi) is 4.16. The average Bonchev–Trinajstić information content (AvgIpc) is 3.04. The van der Waals surface area contributed by atoms with Gasteiger partial charge in [0.1, 0.15) is 5.82 Å². The van der Waals surface area contributed by atoms with Crippen LogP contribution in [-0.4, -0.2) is 31.3 Å². The SMILES string of the molecule is CC(C)c1ncc2c(n1)CCN(Cc1c[nH]c3cccc([N+](=O)[O-])c13)C2. The Morgan fingerprint density at radius 2 is 2.23 bits per heavy atom. The number of rotatable bonds is 4. The Morgan fingerprint density at radius 3 is 3.00 bits per heavy atom. The van der Waals surface area contributed by atoms with Gasteiger partial charge in [-0.05, 0) is 11.6 Å². The van der Waals surface area contributed by atoms with E-state index in [9.17, 15) is 10.1 Å². The summed E-state index contributed by atoms with van der Waals surface area (Å²) in [5.41, 5.74) is 4.19. The molecule has 26 heavy (non-hydrogen) atoms. The summed E-state index contributed by atoms with van der Waals surface area (Å²) in [4.78, 5) is 25.7. The third kappa shape index (κ3) is 2.94. The van der Waals surface area contributed by atoms with E-state index in [0.29, 0.717) is 17.8 Å². The molecule has 0 amide bonds. The first kappa shape index (κ1) is 16.7. The van der Waals surface area contributed by atoms with Gasteiger partial charge in [-0.1, -0.05) is 19.9 Å². The van der Waals surface area contributed by atoms with Gasteiger partial charge in [0.05, 0.1) is 15.8 Å². The molecule has 7 heteroatoms. The predicted octanol–water partition coefficient (Wildman–Crippen LogP) is 3.55. The fourth-order valence-electron chi connectivity index (χ4n) is 3.56. The van der Waals surface area contributed by atoms with Crippen molar-refractivity contribution < 1.29 is 4.92 Å². The minimum Gasteiger partial charge on any atom is -0.361 e. The van der Waals surface area contributed by atoms with Gasteiger partial charge >= 0.3 is 0 Å². The maximum Gasteiger partial charge on any atom is 0.279 e. The second-order valence-electron chi connectivity index (χ2n) is 7.09. The monoisotopic (exact) mass is 351 g/mol. The summed E-state index contributed by atoms with van der Waals surface area (Å²) in [6, 6.07) is 5.15. The van der Waals surface area contributed by atoms with Crippen LogP contribution < -0.4 is 0 Å². The Balaban J connectivity index is 1.60. The van der Waals surface area contributed by atoms with Crippen molar-refractivity contribution in [1.29, 1.82) is 0 Å². The molecular formula is C19H21N5O2. The zero-order chi connectivity index (χ0) is 18.3. The average molecular weight is 351 g/mol. The Hall–Kier alpha value is -2.80. The molecule has 3 heterocycles. The molecule has 0 aliphatic carbocycles. The molecule has 1 aliphatic rings. The van der Waals surface area contributed by atoms with Crippen molar-refractivity contribution in [3.63, 3.8) is 0 Å². The molecule has 0 saturated heterocycles. The highest BCUT2D eigenvalue weighted by molar-refractivity contribution is 5.91. The zero-order valence-corrected chi connectivity index (χ0v) is 14.9. The minimum atomic E-state index is -0.313. The number of hydrogen-bond donors (Lipinski definition) is 1. The van der Waals surface area contributed by atoms with Crippen molar-refractivity contribution >= 4 is 16.6 Å². The molecule has 134 valence electrons. The fraction of sp³-hybridized carbons (Fsp3) is 0.368. The van der Waals surface area contributed by atoms with Crippen LogP contribution in [0, 0.1) is 10.1 Å². The van der Waals surface area contributed by atoms with Gasteiger partial charge in [0.15, 0.2) is 0 Å². The molecule has 0 radical (unpaired) electrons. The first-order valence-electron chi connectivity index (χ1n) is 8.83. The normalized spacial score (nSPS) is 14.7. The molecule has 0 bridgehead atoms. The highest BCUT2D eigenvalue weighted by Gasteiger charge is 2.22. The number of hydrogen-bond acceptors (Lipinski definition) is 5. The van der Waals surface area contributed by atoms with E-state index < -0.39 is 0 Å². The van der Waals surface area contributed by atoms with Crippen LogP contribution in [-0.2, 0) is 19.5 Å². The number of aromatic nitrogens is 3. The second kappa shape index (κ2) is 6.49. The van der Waals surface area contributed by atoms with Crippen LogP contribution in [0.15, 0.2) is 30.6 Å². The Labute approximate surface area is 151 Å². The summed E-state index contributed by atoms with van der Waals surface area (Å²) < 4.78 is 0. The summed E-state index contributed by atoms with van der Waals surface area (Å²) in [6.45, 7) is 6.51. The molecule has 7 nitrogen and oxygen atoms in total. The maximum atomic E-state index is 11.4. The van der Waals surface area contributed by atoms with E-state index in [2.05, 4.69) is 28.7 Å². The molecule has 1 aromatic carbocycles. The molecule has 0 fully saturated rings. The number of nitrogens with zero attached hydrogens (tertiary/aromatic N) is 4. The van der Waals surface area contributed by atoms with Crippen molar-refractivity contribution in [2.75, 3.05) is 6.54 Å². The van der Waals surface area contributed by atoms with Gasteiger partial charge in [0.2, 0.25) is 0 Å². The number of nitrogens with one attached hydrogen (secondary N) is 1. The first-order valence-corrected chi connectivity index (χ1v) is 8.83. The number of nitro benzene ring substituents is 1. The number of aromatic amines is 1. The predicted molar refractivity (Wildman–Crippen MR) is 98.9 cm³/mol. The molecule has 4 rings (SSSR count). The number of fused-ring (bicyclic) bond motifs is 2. The van der Waals surface area contributed by atoms with Gasteiger partial charge in [-0.25, -0.2) is 9.97 Å².